The van der Waals surface area contributed by atoms with Crippen LogP contribution in [0.5, 0.6) is 5.75 Å². The van der Waals surface area contributed by atoms with Crippen LogP contribution in [0.3, 0.4) is 0 Å². The van der Waals surface area contributed by atoms with Crippen molar-refractivity contribution in [3.63, 3.8) is 0 Å². The Hall–Kier alpha value is -3.63. The van der Waals surface area contributed by atoms with Gasteiger partial charge in [0.1, 0.15) is 22.8 Å². The first-order valence-corrected chi connectivity index (χ1v) is 10.3. The number of aromatic hydroxyl groups is 1. The molecule has 174 valence electrons. The number of benzene rings is 1. The Morgan fingerprint density at radius 1 is 1.30 bits per heavy atom. The number of phenolic OH excluding ortho intramolecular Hbond substituents is 1. The van der Waals surface area contributed by atoms with Gasteiger partial charge in [-0.3, -0.25) is 14.4 Å². The van der Waals surface area contributed by atoms with Gasteiger partial charge in [0, 0.05) is 30.4 Å². The van der Waals surface area contributed by atoms with Crippen LogP contribution in [0.4, 0.5) is 5.69 Å². The lowest BCUT2D eigenvalue weighted by molar-refractivity contribution is -0.160. The number of hydrogen-bond acceptors (Lipinski definition) is 9. The molecule has 3 aliphatic rings. The van der Waals surface area contributed by atoms with Crippen molar-refractivity contribution in [1.29, 1.82) is 0 Å². The van der Waals surface area contributed by atoms with Crippen LogP contribution in [0, 0.1) is 11.8 Å². The Bertz CT molecular complexity index is 1180. The Kier molecular flexibility index (Phi) is 5.10. The fraction of sp³-hybridized carbons (Fsp3) is 0.348. The van der Waals surface area contributed by atoms with Crippen molar-refractivity contribution in [3.8, 4) is 5.75 Å². The number of aliphatic hydroxyl groups excluding tert-OH is 3. The van der Waals surface area contributed by atoms with Gasteiger partial charge in [-0.15, -0.1) is 6.58 Å². The second kappa shape index (κ2) is 7.46. The average molecular weight is 456 g/mol. The maximum atomic E-state index is 13.5. The summed E-state index contributed by atoms with van der Waals surface area (Å²) in [4.78, 5) is 37.6. The summed E-state index contributed by atoms with van der Waals surface area (Å²) < 4.78 is 0. The summed E-state index contributed by atoms with van der Waals surface area (Å²) >= 11 is 0. The third kappa shape index (κ3) is 2.84. The van der Waals surface area contributed by atoms with E-state index in [9.17, 15) is 39.9 Å². The van der Waals surface area contributed by atoms with E-state index in [-0.39, 0.29) is 17.0 Å². The number of ketones is 2. The molecule has 8 N–H and O–H groups in total. The Morgan fingerprint density at radius 2 is 1.97 bits per heavy atom. The summed E-state index contributed by atoms with van der Waals surface area (Å²) in [6.45, 7) is 5.56. The molecule has 10 nitrogen and oxygen atoms in total. The maximum Gasteiger partial charge on any atom is 0.255 e. The second-order valence-electron chi connectivity index (χ2n) is 8.58. The van der Waals surface area contributed by atoms with E-state index in [1.165, 1.54) is 0 Å². The topological polar surface area (TPSA) is 190 Å². The highest BCUT2D eigenvalue weighted by atomic mass is 16.4. The third-order valence-electron chi connectivity index (χ3n) is 6.94. The molecular formula is C23H24N2O8. The fourth-order valence-electron chi connectivity index (χ4n) is 5.32. The third-order valence-corrected chi connectivity index (χ3v) is 6.94. The Balaban J connectivity index is 1.97. The van der Waals surface area contributed by atoms with E-state index in [0.717, 1.165) is 0 Å². The fourth-order valence-corrected chi connectivity index (χ4v) is 5.32. The molecule has 1 aromatic rings. The van der Waals surface area contributed by atoms with Crippen LogP contribution in [-0.4, -0.2) is 61.3 Å². The molecule has 0 aromatic heterocycles. The highest BCUT2D eigenvalue weighted by Crippen LogP contribution is 2.56. The highest BCUT2D eigenvalue weighted by Gasteiger charge is 2.64. The summed E-state index contributed by atoms with van der Waals surface area (Å²) in [5, 5.41) is 57.8. The minimum atomic E-state index is -2.84. The monoisotopic (exact) mass is 456 g/mol. The van der Waals surface area contributed by atoms with E-state index in [1.54, 1.807) is 25.1 Å². The number of carbonyl (C=O) groups excluding carboxylic acids is 3. The first-order valence-electron chi connectivity index (χ1n) is 10.3. The lowest BCUT2D eigenvalue weighted by Crippen LogP contribution is -2.63. The lowest BCUT2D eigenvalue weighted by atomic mass is 9.55. The predicted octanol–water partition coefficient (Wildman–Crippen LogP) is 0.554. The van der Waals surface area contributed by atoms with Gasteiger partial charge < -0.3 is 36.6 Å². The summed E-state index contributed by atoms with van der Waals surface area (Å²) in [6.07, 6.45) is -0.595. The molecule has 5 atom stereocenters. The van der Waals surface area contributed by atoms with Gasteiger partial charge in [-0.25, -0.2) is 0 Å². The van der Waals surface area contributed by atoms with E-state index in [1.807, 2.05) is 0 Å². The number of rotatable bonds is 4. The van der Waals surface area contributed by atoms with Crippen LogP contribution in [-0.2, 0) is 14.4 Å². The molecule has 0 spiro atoms. The Morgan fingerprint density at radius 3 is 2.58 bits per heavy atom. The molecule has 0 saturated heterocycles. The maximum absolute atomic E-state index is 13.5. The number of nitrogens with one attached hydrogen (secondary N) is 1. The molecule has 0 aliphatic heterocycles. The molecule has 33 heavy (non-hydrogen) atoms. The molecule has 0 heterocycles. The molecule has 0 unspecified atom stereocenters. The number of Topliss-reactive ketones (excluding diaryl/α,β-unsaturated/α-hetero) is 2. The number of hydrogen-bond donors (Lipinski definition) is 7. The standard InChI is InChI=1S/C23H24N2O8/c1-3-6-25-11-5-4-9-8(2)13-16(19(29)14(9)18(11)28)21(31)23(33)10(17(13)27)7-12(26)15(20(23)30)22(24)32/h3-5,8,10,13,17,25,27-30,33H,1,6-7H2,2H3,(H2,24,32)/t8-,10+,13+,17+,23+/m0/s1. The molecule has 0 radical (unpaired) electrons. The summed E-state index contributed by atoms with van der Waals surface area (Å²) in [5.74, 6) is -8.80. The predicted molar refractivity (Wildman–Crippen MR) is 116 cm³/mol. The van der Waals surface area contributed by atoms with Gasteiger partial charge in [-0.2, -0.15) is 0 Å². The molecule has 1 fully saturated rings. The van der Waals surface area contributed by atoms with Gasteiger partial charge in [0.2, 0.25) is 5.78 Å². The lowest BCUT2D eigenvalue weighted by Gasteiger charge is -2.50. The van der Waals surface area contributed by atoms with Crippen LogP contribution in [0.2, 0.25) is 0 Å². The SMILES string of the molecule is C=CCNc1ccc2c(c1O)C(O)=C1C(=O)[C@]3(O)C(O)=C(C(N)=O)C(=O)C[C@@H]3[C@@H](O)[C@@H]1[C@H]2C. The van der Waals surface area contributed by atoms with Gasteiger partial charge in [-0.1, -0.05) is 19.1 Å². The van der Waals surface area contributed by atoms with Crippen molar-refractivity contribution in [2.75, 3.05) is 11.9 Å². The van der Waals surface area contributed by atoms with Gasteiger partial charge in [0.25, 0.3) is 5.91 Å². The van der Waals surface area contributed by atoms with E-state index in [2.05, 4.69) is 11.9 Å². The van der Waals surface area contributed by atoms with E-state index in [4.69, 9.17) is 5.73 Å². The van der Waals surface area contributed by atoms with E-state index >= 15 is 0 Å². The number of anilines is 1. The molecule has 4 rings (SSSR count). The molecular weight excluding hydrogens is 432 g/mol. The van der Waals surface area contributed by atoms with Gasteiger partial charge >= 0.3 is 0 Å². The quantitative estimate of drug-likeness (QED) is 0.193. The van der Waals surface area contributed by atoms with Crippen molar-refractivity contribution in [3.05, 3.63) is 52.8 Å². The smallest absolute Gasteiger partial charge is 0.255 e. The van der Waals surface area contributed by atoms with Crippen molar-refractivity contribution in [2.24, 2.45) is 17.6 Å². The van der Waals surface area contributed by atoms with Crippen LogP contribution < -0.4 is 11.1 Å². The van der Waals surface area contributed by atoms with Crippen molar-refractivity contribution >= 4 is 28.9 Å². The number of amides is 1. The largest absolute Gasteiger partial charge is 0.508 e. The van der Waals surface area contributed by atoms with Crippen LogP contribution in [0.15, 0.2) is 41.7 Å². The average Bonchev–Trinajstić information content (AvgIpc) is 2.75. The minimum absolute atomic E-state index is 0.0594. The minimum Gasteiger partial charge on any atom is -0.508 e. The van der Waals surface area contributed by atoms with Crippen molar-refractivity contribution < 1.29 is 39.9 Å². The zero-order chi connectivity index (χ0) is 24.4. The summed E-state index contributed by atoms with van der Waals surface area (Å²) in [7, 11) is 0. The summed E-state index contributed by atoms with van der Waals surface area (Å²) in [6, 6.07) is 3.21. The molecule has 3 aliphatic carbocycles. The Labute approximate surface area is 188 Å². The van der Waals surface area contributed by atoms with Gasteiger partial charge in [0.15, 0.2) is 11.4 Å². The number of nitrogens with two attached hydrogens (primary N) is 1. The van der Waals surface area contributed by atoms with E-state index in [0.29, 0.717) is 12.1 Å². The van der Waals surface area contributed by atoms with E-state index < -0.39 is 76.0 Å². The van der Waals surface area contributed by atoms with Crippen molar-refractivity contribution in [2.45, 2.75) is 31.0 Å². The molecule has 0 bridgehead atoms. The normalized spacial score (nSPS) is 31.0. The zero-order valence-corrected chi connectivity index (χ0v) is 17.7. The van der Waals surface area contributed by atoms with Crippen LogP contribution >= 0.6 is 0 Å². The number of phenols is 1. The zero-order valence-electron chi connectivity index (χ0n) is 17.7. The number of fused-ring (bicyclic) bond motifs is 3. The molecule has 1 saturated carbocycles. The number of carbonyl (C=O) groups is 3. The molecule has 10 heteroatoms. The molecule has 1 aromatic carbocycles. The number of aliphatic hydroxyl groups is 4. The summed E-state index contributed by atoms with van der Waals surface area (Å²) in [5.41, 5.74) is 1.62. The van der Waals surface area contributed by atoms with Crippen LogP contribution in [0.1, 0.15) is 30.4 Å². The highest BCUT2D eigenvalue weighted by molar-refractivity contribution is 6.23. The number of primary amides is 1. The first-order chi connectivity index (χ1) is 15.5. The van der Waals surface area contributed by atoms with Gasteiger partial charge in [-0.05, 0) is 17.5 Å². The second-order valence-corrected chi connectivity index (χ2v) is 8.58. The van der Waals surface area contributed by atoms with Crippen molar-refractivity contribution in [1.82, 2.24) is 0 Å². The van der Waals surface area contributed by atoms with Crippen LogP contribution in [0.25, 0.3) is 5.76 Å². The van der Waals surface area contributed by atoms with Gasteiger partial charge in [0.05, 0.1) is 17.4 Å². The molecule has 1 amide bonds. The first kappa shape index (κ1) is 22.6.